The summed E-state index contributed by atoms with van der Waals surface area (Å²) in [6.45, 7) is 0.127. The molecule has 0 radical (unpaired) electrons. The number of phenolic OH excluding ortho intramolecular Hbond substituents is 1. The van der Waals surface area contributed by atoms with E-state index < -0.39 is 5.97 Å². The Balaban J connectivity index is 1.73. The Hall–Kier alpha value is -3.02. The standard InChI is InChI=1S/C18H19NO5/c20-16-6-2-1-5-15(16)18(23)19-11-3-4-13-7-9-14(10-8-13)24-12-17(21)22/h1-2,5-10,20H,3-4,11-12H2,(H,19,23)(H,21,22). The third kappa shape index (κ3) is 5.31. The molecule has 3 N–H and O–H groups in total. The van der Waals surface area contributed by atoms with Gasteiger partial charge in [0, 0.05) is 6.54 Å². The maximum Gasteiger partial charge on any atom is 0.341 e. The number of phenols is 1. The van der Waals surface area contributed by atoms with E-state index in [-0.39, 0.29) is 23.8 Å². The highest BCUT2D eigenvalue weighted by atomic mass is 16.5. The summed E-state index contributed by atoms with van der Waals surface area (Å²) in [5.41, 5.74) is 1.33. The average molecular weight is 329 g/mol. The molecule has 0 aromatic heterocycles. The number of hydrogen-bond acceptors (Lipinski definition) is 4. The maximum absolute atomic E-state index is 11.9. The molecule has 0 aliphatic heterocycles. The first-order chi connectivity index (χ1) is 11.6. The third-order valence-electron chi connectivity index (χ3n) is 3.36. The number of carboxylic acids is 1. The molecule has 0 aliphatic rings. The monoisotopic (exact) mass is 329 g/mol. The molecule has 0 fully saturated rings. The number of aryl methyl sites for hydroxylation is 1. The number of para-hydroxylation sites is 1. The lowest BCUT2D eigenvalue weighted by Crippen LogP contribution is -2.24. The summed E-state index contributed by atoms with van der Waals surface area (Å²) in [6.07, 6.45) is 1.51. The molecule has 0 spiro atoms. The van der Waals surface area contributed by atoms with Crippen LogP contribution >= 0.6 is 0 Å². The van der Waals surface area contributed by atoms with Gasteiger partial charge in [-0.3, -0.25) is 4.79 Å². The van der Waals surface area contributed by atoms with E-state index in [0.717, 1.165) is 18.4 Å². The Labute approximate surface area is 139 Å². The van der Waals surface area contributed by atoms with Gasteiger partial charge in [0.15, 0.2) is 6.61 Å². The number of rotatable bonds is 8. The molecule has 0 bridgehead atoms. The zero-order valence-electron chi connectivity index (χ0n) is 13.1. The second kappa shape index (κ2) is 8.57. The van der Waals surface area contributed by atoms with Crippen LogP contribution in [0.5, 0.6) is 11.5 Å². The highest BCUT2D eigenvalue weighted by Crippen LogP contribution is 2.15. The van der Waals surface area contributed by atoms with E-state index >= 15 is 0 Å². The summed E-state index contributed by atoms with van der Waals surface area (Å²) in [6, 6.07) is 13.6. The van der Waals surface area contributed by atoms with Gasteiger partial charge >= 0.3 is 5.97 Å². The number of ether oxygens (including phenoxy) is 1. The lowest BCUT2D eigenvalue weighted by Gasteiger charge is -2.07. The van der Waals surface area contributed by atoms with Crippen LogP contribution in [0.2, 0.25) is 0 Å². The van der Waals surface area contributed by atoms with Crippen LogP contribution in [-0.4, -0.2) is 35.2 Å². The fraction of sp³-hybridized carbons (Fsp3) is 0.222. The smallest absolute Gasteiger partial charge is 0.341 e. The van der Waals surface area contributed by atoms with E-state index in [0.29, 0.717) is 12.3 Å². The summed E-state index contributed by atoms with van der Waals surface area (Å²) < 4.78 is 5.06. The number of aromatic hydroxyl groups is 1. The topological polar surface area (TPSA) is 95.9 Å². The van der Waals surface area contributed by atoms with Crippen molar-refractivity contribution in [2.45, 2.75) is 12.8 Å². The van der Waals surface area contributed by atoms with Gasteiger partial charge in [-0.05, 0) is 42.7 Å². The minimum atomic E-state index is -1.01. The molecule has 0 heterocycles. The minimum absolute atomic E-state index is 0.0352. The number of benzene rings is 2. The number of amides is 1. The first-order valence-electron chi connectivity index (χ1n) is 7.56. The number of carboxylic acid groups (broad SMARTS) is 1. The fourth-order valence-electron chi connectivity index (χ4n) is 2.15. The van der Waals surface area contributed by atoms with Gasteiger partial charge in [-0.1, -0.05) is 24.3 Å². The van der Waals surface area contributed by atoms with Crippen LogP contribution < -0.4 is 10.1 Å². The van der Waals surface area contributed by atoms with Crippen molar-refractivity contribution in [3.8, 4) is 11.5 Å². The van der Waals surface area contributed by atoms with Crippen molar-refractivity contribution in [3.63, 3.8) is 0 Å². The number of hydrogen-bond donors (Lipinski definition) is 3. The normalized spacial score (nSPS) is 10.2. The molecule has 2 rings (SSSR count). The van der Waals surface area contributed by atoms with Crippen molar-refractivity contribution in [1.29, 1.82) is 0 Å². The molecule has 2 aromatic rings. The van der Waals surface area contributed by atoms with Crippen LogP contribution in [-0.2, 0) is 11.2 Å². The van der Waals surface area contributed by atoms with Crippen molar-refractivity contribution in [2.75, 3.05) is 13.2 Å². The van der Waals surface area contributed by atoms with Crippen molar-refractivity contribution in [1.82, 2.24) is 5.32 Å². The molecule has 2 aromatic carbocycles. The second-order valence-electron chi connectivity index (χ2n) is 5.20. The minimum Gasteiger partial charge on any atom is -0.507 e. The Morgan fingerprint density at radius 1 is 1.04 bits per heavy atom. The van der Waals surface area contributed by atoms with E-state index in [1.54, 1.807) is 30.3 Å². The van der Waals surface area contributed by atoms with Gasteiger partial charge in [0.2, 0.25) is 0 Å². The molecule has 0 saturated heterocycles. The van der Waals surface area contributed by atoms with E-state index in [2.05, 4.69) is 5.32 Å². The second-order valence-corrected chi connectivity index (χ2v) is 5.20. The van der Waals surface area contributed by atoms with E-state index in [4.69, 9.17) is 9.84 Å². The highest BCUT2D eigenvalue weighted by Gasteiger charge is 2.08. The van der Waals surface area contributed by atoms with E-state index in [9.17, 15) is 14.7 Å². The molecule has 0 aliphatic carbocycles. The van der Waals surface area contributed by atoms with Crippen LogP contribution in [0.25, 0.3) is 0 Å². The van der Waals surface area contributed by atoms with Crippen LogP contribution in [0.3, 0.4) is 0 Å². The number of carbonyl (C=O) groups excluding carboxylic acids is 1. The van der Waals surface area contributed by atoms with Crippen LogP contribution in [0.15, 0.2) is 48.5 Å². The highest BCUT2D eigenvalue weighted by molar-refractivity contribution is 5.96. The summed E-state index contributed by atoms with van der Waals surface area (Å²) in [5, 5.41) is 20.9. The molecule has 24 heavy (non-hydrogen) atoms. The van der Waals surface area contributed by atoms with Crippen LogP contribution in [0.1, 0.15) is 22.3 Å². The predicted molar refractivity (Wildman–Crippen MR) is 88.3 cm³/mol. The van der Waals surface area contributed by atoms with Crippen molar-refractivity contribution < 1.29 is 24.5 Å². The van der Waals surface area contributed by atoms with E-state index in [1.165, 1.54) is 6.07 Å². The number of carbonyl (C=O) groups is 2. The average Bonchev–Trinajstić information content (AvgIpc) is 2.58. The molecule has 0 saturated carbocycles. The summed E-state index contributed by atoms with van der Waals surface area (Å²) in [7, 11) is 0. The summed E-state index contributed by atoms with van der Waals surface area (Å²) in [4.78, 5) is 22.3. The maximum atomic E-state index is 11.9. The van der Waals surface area contributed by atoms with Gasteiger partial charge in [0.25, 0.3) is 5.91 Å². The lowest BCUT2D eigenvalue weighted by molar-refractivity contribution is -0.139. The molecule has 0 unspecified atom stereocenters. The van der Waals surface area contributed by atoms with Gasteiger partial charge < -0.3 is 20.3 Å². The van der Waals surface area contributed by atoms with Gasteiger partial charge in [-0.15, -0.1) is 0 Å². The third-order valence-corrected chi connectivity index (χ3v) is 3.36. The van der Waals surface area contributed by atoms with Crippen molar-refractivity contribution >= 4 is 11.9 Å². The predicted octanol–water partition coefficient (Wildman–Crippen LogP) is 2.22. The quantitative estimate of drug-likeness (QED) is 0.645. The first-order valence-corrected chi connectivity index (χ1v) is 7.56. The number of aliphatic carboxylic acids is 1. The van der Waals surface area contributed by atoms with Crippen molar-refractivity contribution in [3.05, 3.63) is 59.7 Å². The molecule has 6 heteroatoms. The largest absolute Gasteiger partial charge is 0.507 e. The van der Waals surface area contributed by atoms with Gasteiger partial charge in [0.1, 0.15) is 11.5 Å². The molecular formula is C18H19NO5. The molecule has 6 nitrogen and oxygen atoms in total. The van der Waals surface area contributed by atoms with Gasteiger partial charge in [0.05, 0.1) is 5.56 Å². The Morgan fingerprint density at radius 2 is 1.75 bits per heavy atom. The molecule has 126 valence electrons. The fourth-order valence-corrected chi connectivity index (χ4v) is 2.15. The lowest BCUT2D eigenvalue weighted by atomic mass is 10.1. The summed E-state index contributed by atoms with van der Waals surface area (Å²) >= 11 is 0. The van der Waals surface area contributed by atoms with E-state index in [1.807, 2.05) is 12.1 Å². The van der Waals surface area contributed by atoms with Gasteiger partial charge in [-0.25, -0.2) is 4.79 Å². The van der Waals surface area contributed by atoms with Crippen LogP contribution in [0.4, 0.5) is 0 Å². The Morgan fingerprint density at radius 3 is 2.42 bits per heavy atom. The van der Waals surface area contributed by atoms with Crippen LogP contribution in [0, 0.1) is 0 Å². The zero-order chi connectivity index (χ0) is 17.4. The SMILES string of the molecule is O=C(O)COc1ccc(CCCNC(=O)c2ccccc2O)cc1. The van der Waals surface area contributed by atoms with Crippen molar-refractivity contribution in [2.24, 2.45) is 0 Å². The van der Waals surface area contributed by atoms with Gasteiger partial charge in [-0.2, -0.15) is 0 Å². The first kappa shape index (κ1) is 17.3. The number of nitrogens with one attached hydrogen (secondary N) is 1. The Bertz CT molecular complexity index is 697. The Kier molecular flexibility index (Phi) is 6.19. The summed E-state index contributed by atoms with van der Waals surface area (Å²) in [5.74, 6) is -0.842. The molecule has 0 atom stereocenters. The molecular weight excluding hydrogens is 310 g/mol. The zero-order valence-corrected chi connectivity index (χ0v) is 13.1. The molecule has 1 amide bonds.